The summed E-state index contributed by atoms with van der Waals surface area (Å²) in [5, 5.41) is 0. The van der Waals surface area contributed by atoms with Crippen LogP contribution in [0.3, 0.4) is 0 Å². The summed E-state index contributed by atoms with van der Waals surface area (Å²) >= 11 is 0. The van der Waals surface area contributed by atoms with E-state index in [0.717, 1.165) is 26.1 Å². The molecule has 0 aliphatic carbocycles. The van der Waals surface area contributed by atoms with Gasteiger partial charge in [-0.3, -0.25) is 4.90 Å². The van der Waals surface area contributed by atoms with E-state index in [1.165, 1.54) is 5.56 Å². The van der Waals surface area contributed by atoms with E-state index in [-0.39, 0.29) is 6.04 Å². The summed E-state index contributed by atoms with van der Waals surface area (Å²) in [7, 11) is -1.61. The highest BCUT2D eigenvalue weighted by atomic mass is 32.2. The van der Waals surface area contributed by atoms with Gasteiger partial charge in [-0.15, -0.1) is 4.40 Å². The van der Waals surface area contributed by atoms with Gasteiger partial charge >= 0.3 is 0 Å². The molecule has 2 heterocycles. The lowest BCUT2D eigenvalue weighted by Crippen LogP contribution is -2.52. The van der Waals surface area contributed by atoms with Gasteiger partial charge in [0.1, 0.15) is 4.90 Å². The smallest absolute Gasteiger partial charge is 0.285 e. The van der Waals surface area contributed by atoms with Gasteiger partial charge in [-0.1, -0.05) is 49.4 Å². The summed E-state index contributed by atoms with van der Waals surface area (Å²) in [6.07, 6.45) is 1.09. The molecule has 27 heavy (non-hydrogen) atoms. The molecule has 0 amide bonds. The molecule has 0 aromatic heterocycles. The first-order valence-electron chi connectivity index (χ1n) is 9.39. The molecule has 2 aromatic rings. The predicted octanol–water partition coefficient (Wildman–Crippen LogP) is 2.98. The van der Waals surface area contributed by atoms with Crippen LogP contribution in [0.5, 0.6) is 0 Å². The van der Waals surface area contributed by atoms with Crippen molar-refractivity contribution in [3.8, 4) is 0 Å². The van der Waals surface area contributed by atoms with E-state index in [0.29, 0.717) is 22.2 Å². The molecule has 0 saturated carbocycles. The van der Waals surface area contributed by atoms with Crippen LogP contribution in [0.2, 0.25) is 0 Å². The molecule has 2 atom stereocenters. The molecule has 0 unspecified atom stereocenters. The maximum absolute atomic E-state index is 12.4. The zero-order valence-electron chi connectivity index (χ0n) is 15.7. The summed E-state index contributed by atoms with van der Waals surface area (Å²) in [6, 6.07) is 17.8. The Morgan fingerprint density at radius 3 is 2.59 bits per heavy atom. The van der Waals surface area contributed by atoms with Crippen LogP contribution >= 0.6 is 0 Å². The van der Waals surface area contributed by atoms with Crippen molar-refractivity contribution in [2.75, 3.05) is 20.1 Å². The lowest BCUT2D eigenvalue weighted by Gasteiger charge is -2.42. The van der Waals surface area contributed by atoms with Crippen molar-refractivity contribution >= 4 is 15.9 Å². The van der Waals surface area contributed by atoms with Gasteiger partial charge in [-0.25, -0.2) is 0 Å². The monoisotopic (exact) mass is 383 g/mol. The molecule has 5 nitrogen and oxygen atoms in total. The lowest BCUT2D eigenvalue weighted by molar-refractivity contribution is 0.106. The van der Waals surface area contributed by atoms with Gasteiger partial charge in [-0.05, 0) is 36.6 Å². The quantitative estimate of drug-likeness (QED) is 0.818. The van der Waals surface area contributed by atoms with Crippen LogP contribution in [-0.4, -0.2) is 50.2 Å². The largest absolute Gasteiger partial charge is 0.354 e. The Labute approximate surface area is 161 Å². The molecular formula is C21H25N3O2S. The minimum absolute atomic E-state index is 0.225. The van der Waals surface area contributed by atoms with Crippen molar-refractivity contribution in [1.29, 1.82) is 0 Å². The normalized spacial score (nSPS) is 24.3. The summed E-state index contributed by atoms with van der Waals surface area (Å²) in [5.41, 5.74) is 2.02. The predicted molar refractivity (Wildman–Crippen MR) is 107 cm³/mol. The van der Waals surface area contributed by atoms with Gasteiger partial charge in [0.05, 0.1) is 0 Å². The molecule has 2 aliphatic heterocycles. The number of likely N-dealkylation sites (tertiary alicyclic amines) is 1. The first kappa shape index (κ1) is 18.2. The number of sulfonamides is 1. The molecular weight excluding hydrogens is 358 g/mol. The highest BCUT2D eigenvalue weighted by molar-refractivity contribution is 7.90. The third kappa shape index (κ3) is 3.51. The first-order valence-corrected chi connectivity index (χ1v) is 10.8. The summed E-state index contributed by atoms with van der Waals surface area (Å²) in [6.45, 7) is 5.12. The first-order chi connectivity index (χ1) is 13.0. The van der Waals surface area contributed by atoms with Crippen molar-refractivity contribution in [2.24, 2.45) is 10.3 Å². The van der Waals surface area contributed by atoms with E-state index >= 15 is 0 Å². The molecule has 0 spiro atoms. The number of likely N-dealkylation sites (N-methyl/N-ethyl adjacent to an activating group) is 1. The highest BCUT2D eigenvalue weighted by Gasteiger charge is 2.36. The Balaban J connectivity index is 1.57. The van der Waals surface area contributed by atoms with E-state index in [1.54, 1.807) is 12.1 Å². The standard InChI is InChI=1S/C21H25N3O2S/c1-16-12-13-24(14-17-8-4-3-5-9-17)15-19(16)23(2)21-18-10-6-7-11-20(18)27(25,26)22-21/h3-11,16,19H,12-15H2,1-2H3/t16-,19+/m1/s1. The van der Waals surface area contributed by atoms with Crippen LogP contribution in [0.4, 0.5) is 0 Å². The minimum Gasteiger partial charge on any atom is -0.354 e. The second-order valence-electron chi connectivity index (χ2n) is 7.55. The Morgan fingerprint density at radius 1 is 1.11 bits per heavy atom. The van der Waals surface area contributed by atoms with Gasteiger partial charge in [0.2, 0.25) is 0 Å². The molecule has 0 bridgehead atoms. The van der Waals surface area contributed by atoms with Crippen LogP contribution in [0.15, 0.2) is 63.9 Å². The Morgan fingerprint density at radius 2 is 1.81 bits per heavy atom. The van der Waals surface area contributed by atoms with Crippen LogP contribution < -0.4 is 0 Å². The topological polar surface area (TPSA) is 53.0 Å². The average molecular weight is 384 g/mol. The molecule has 1 fully saturated rings. The molecule has 142 valence electrons. The lowest BCUT2D eigenvalue weighted by atomic mass is 9.91. The van der Waals surface area contributed by atoms with Crippen molar-refractivity contribution in [1.82, 2.24) is 9.80 Å². The Kier molecular flexibility index (Phi) is 4.78. The number of nitrogens with zero attached hydrogens (tertiary/aromatic N) is 3. The van der Waals surface area contributed by atoms with Crippen LogP contribution in [0, 0.1) is 5.92 Å². The van der Waals surface area contributed by atoms with Gasteiger partial charge in [0, 0.05) is 31.7 Å². The zero-order valence-corrected chi connectivity index (χ0v) is 16.6. The second-order valence-corrected chi connectivity index (χ2v) is 9.12. The van der Waals surface area contributed by atoms with Gasteiger partial charge in [0.15, 0.2) is 5.84 Å². The maximum Gasteiger partial charge on any atom is 0.285 e. The van der Waals surface area contributed by atoms with E-state index in [1.807, 2.05) is 25.2 Å². The van der Waals surface area contributed by atoms with Crippen molar-refractivity contribution in [2.45, 2.75) is 30.8 Å². The SMILES string of the molecule is C[C@@H]1CCN(Cc2ccccc2)C[C@@H]1N(C)C1=NS(=O)(=O)c2ccccc21. The zero-order chi connectivity index (χ0) is 19.0. The van der Waals surface area contributed by atoms with Crippen LogP contribution in [0.1, 0.15) is 24.5 Å². The average Bonchev–Trinajstić information content (AvgIpc) is 2.95. The van der Waals surface area contributed by atoms with Crippen LogP contribution in [0.25, 0.3) is 0 Å². The van der Waals surface area contributed by atoms with Gasteiger partial charge < -0.3 is 4.90 Å². The molecule has 2 aromatic carbocycles. The number of hydrogen-bond donors (Lipinski definition) is 0. The van der Waals surface area contributed by atoms with Crippen molar-refractivity contribution in [3.63, 3.8) is 0 Å². The number of rotatable bonds is 3. The molecule has 1 saturated heterocycles. The van der Waals surface area contributed by atoms with Gasteiger partial charge in [-0.2, -0.15) is 8.42 Å². The van der Waals surface area contributed by atoms with Crippen molar-refractivity contribution < 1.29 is 8.42 Å². The second kappa shape index (κ2) is 7.09. The Bertz CT molecular complexity index is 956. The fraction of sp³-hybridized carbons (Fsp3) is 0.381. The summed E-state index contributed by atoms with van der Waals surface area (Å²) in [5.74, 6) is 1.05. The number of amidine groups is 1. The summed E-state index contributed by atoms with van der Waals surface area (Å²) in [4.78, 5) is 4.84. The maximum atomic E-state index is 12.4. The van der Waals surface area contributed by atoms with E-state index in [4.69, 9.17) is 0 Å². The summed E-state index contributed by atoms with van der Waals surface area (Å²) < 4.78 is 28.9. The molecule has 0 N–H and O–H groups in total. The van der Waals surface area contributed by atoms with Crippen molar-refractivity contribution in [3.05, 3.63) is 65.7 Å². The minimum atomic E-state index is -3.59. The number of fused-ring (bicyclic) bond motifs is 1. The van der Waals surface area contributed by atoms with E-state index in [9.17, 15) is 8.42 Å². The van der Waals surface area contributed by atoms with Crippen LogP contribution in [-0.2, 0) is 16.6 Å². The third-order valence-electron chi connectivity index (χ3n) is 5.70. The molecule has 2 aliphatic rings. The van der Waals surface area contributed by atoms with Gasteiger partial charge in [0.25, 0.3) is 10.0 Å². The molecule has 4 rings (SSSR count). The third-order valence-corrected chi connectivity index (χ3v) is 7.02. The number of benzene rings is 2. The highest BCUT2D eigenvalue weighted by Crippen LogP contribution is 2.30. The van der Waals surface area contributed by atoms with E-state index in [2.05, 4.69) is 45.4 Å². The molecule has 0 radical (unpaired) electrons. The fourth-order valence-corrected chi connectivity index (χ4v) is 5.34. The molecule has 6 heteroatoms. The van der Waals surface area contributed by atoms with E-state index < -0.39 is 10.0 Å². The Hall–Kier alpha value is -2.18. The fourth-order valence-electron chi connectivity index (χ4n) is 4.10. The number of hydrogen-bond acceptors (Lipinski definition) is 4. The number of piperidine rings is 1.